The summed E-state index contributed by atoms with van der Waals surface area (Å²) in [4.78, 5) is 64.0. The Hall–Kier alpha value is -4.01. The first-order valence-electron chi connectivity index (χ1n) is 12.0. The van der Waals surface area contributed by atoms with Crippen molar-refractivity contribution in [1.82, 2.24) is 20.9 Å². The van der Waals surface area contributed by atoms with Crippen LogP contribution >= 0.6 is 0 Å². The average Bonchev–Trinajstić information content (AvgIpc) is 3.28. The molecular formula is C24H34N6O8. The number of carboxylic acids is 2. The summed E-state index contributed by atoms with van der Waals surface area (Å²) in [7, 11) is 0. The zero-order valence-corrected chi connectivity index (χ0v) is 20.7. The Kier molecular flexibility index (Phi) is 11.7. The Bertz CT molecular complexity index is 1140. The topological polar surface area (TPSA) is 250 Å². The van der Waals surface area contributed by atoms with Crippen LogP contribution in [0.1, 0.15) is 31.2 Å². The van der Waals surface area contributed by atoms with Crippen molar-refractivity contribution in [3.8, 4) is 0 Å². The van der Waals surface area contributed by atoms with Crippen LogP contribution < -0.4 is 27.4 Å². The quantitative estimate of drug-likeness (QED) is 0.109. The van der Waals surface area contributed by atoms with Crippen molar-refractivity contribution < 1.29 is 39.3 Å². The molecule has 1 heterocycles. The second-order valence-corrected chi connectivity index (χ2v) is 8.76. The van der Waals surface area contributed by atoms with Gasteiger partial charge in [-0.25, -0.2) is 4.79 Å². The first-order chi connectivity index (χ1) is 18.1. The highest BCUT2D eigenvalue weighted by Crippen LogP contribution is 2.19. The van der Waals surface area contributed by atoms with Crippen LogP contribution in [0.2, 0.25) is 0 Å². The molecule has 1 aromatic carbocycles. The number of carbonyl (C=O) groups is 5. The van der Waals surface area contributed by atoms with Crippen LogP contribution in [0.4, 0.5) is 0 Å². The number of fused-ring (bicyclic) bond motifs is 1. The summed E-state index contributed by atoms with van der Waals surface area (Å²) < 4.78 is 0. The van der Waals surface area contributed by atoms with Crippen LogP contribution in [0.3, 0.4) is 0 Å². The molecule has 11 N–H and O–H groups in total. The van der Waals surface area contributed by atoms with E-state index in [0.29, 0.717) is 24.9 Å². The van der Waals surface area contributed by atoms with Crippen molar-refractivity contribution in [2.45, 2.75) is 56.3 Å². The number of amides is 3. The normalized spacial score (nSPS) is 14.2. The lowest BCUT2D eigenvalue weighted by Gasteiger charge is -2.25. The summed E-state index contributed by atoms with van der Waals surface area (Å²) in [5.74, 6) is -5.22. The fourth-order valence-electron chi connectivity index (χ4n) is 3.78. The molecule has 0 saturated carbocycles. The van der Waals surface area contributed by atoms with Crippen LogP contribution in [-0.2, 0) is 30.4 Å². The zero-order chi connectivity index (χ0) is 28.2. The summed E-state index contributed by atoms with van der Waals surface area (Å²) in [6.45, 7) is -0.530. The first kappa shape index (κ1) is 30.2. The van der Waals surface area contributed by atoms with Crippen molar-refractivity contribution in [2.75, 3.05) is 13.2 Å². The van der Waals surface area contributed by atoms with E-state index in [1.165, 1.54) is 0 Å². The molecule has 0 spiro atoms. The third kappa shape index (κ3) is 8.83. The number of unbranched alkanes of at least 4 members (excludes halogenated alkanes) is 1. The summed E-state index contributed by atoms with van der Waals surface area (Å²) in [6, 6.07) is 1.80. The number of aliphatic carboxylic acids is 2. The maximum absolute atomic E-state index is 13.2. The van der Waals surface area contributed by atoms with Gasteiger partial charge in [0.05, 0.1) is 19.1 Å². The summed E-state index contributed by atoms with van der Waals surface area (Å²) in [6.07, 6.45) is 2.08. The summed E-state index contributed by atoms with van der Waals surface area (Å²) in [5.41, 5.74) is 12.6. The monoisotopic (exact) mass is 534 g/mol. The van der Waals surface area contributed by atoms with E-state index in [1.807, 2.05) is 18.2 Å². The molecule has 4 atom stereocenters. The highest BCUT2D eigenvalue weighted by Gasteiger charge is 2.31. The molecule has 0 radical (unpaired) electrons. The summed E-state index contributed by atoms with van der Waals surface area (Å²) >= 11 is 0. The van der Waals surface area contributed by atoms with Gasteiger partial charge in [-0.15, -0.1) is 0 Å². The SMILES string of the molecule is NCCCCC(NC(=O)C(N)CC(=O)O)C(=O)NC(Cc1c[nH]c2ccccc12)C(=O)NC(CO)C(=O)O. The Morgan fingerprint density at radius 1 is 0.895 bits per heavy atom. The number of hydrogen-bond acceptors (Lipinski definition) is 8. The van der Waals surface area contributed by atoms with Gasteiger partial charge in [0.25, 0.3) is 0 Å². The van der Waals surface area contributed by atoms with E-state index in [9.17, 15) is 34.2 Å². The number of H-pyrrole nitrogens is 1. The molecule has 4 unspecified atom stereocenters. The van der Waals surface area contributed by atoms with Crippen LogP contribution in [0.25, 0.3) is 10.9 Å². The second kappa shape index (κ2) is 14.7. The predicted molar refractivity (Wildman–Crippen MR) is 136 cm³/mol. The minimum atomic E-state index is -1.60. The van der Waals surface area contributed by atoms with Crippen molar-refractivity contribution in [1.29, 1.82) is 0 Å². The Morgan fingerprint density at radius 2 is 1.53 bits per heavy atom. The van der Waals surface area contributed by atoms with Gasteiger partial charge in [0, 0.05) is 23.5 Å². The molecule has 0 aliphatic carbocycles. The fraction of sp³-hybridized carbons (Fsp3) is 0.458. The molecule has 208 valence electrons. The Balaban J connectivity index is 2.29. The summed E-state index contributed by atoms with van der Waals surface area (Å²) in [5, 5.41) is 35.4. The molecule has 3 amide bonds. The second-order valence-electron chi connectivity index (χ2n) is 8.76. The maximum atomic E-state index is 13.2. The minimum absolute atomic E-state index is 0.0403. The molecule has 2 rings (SSSR count). The molecule has 14 heteroatoms. The number of para-hydroxylation sites is 1. The minimum Gasteiger partial charge on any atom is -0.481 e. The van der Waals surface area contributed by atoms with Gasteiger partial charge in [-0.3, -0.25) is 19.2 Å². The maximum Gasteiger partial charge on any atom is 0.328 e. The number of aliphatic hydroxyl groups excluding tert-OH is 1. The predicted octanol–water partition coefficient (Wildman–Crippen LogP) is -1.83. The number of benzene rings is 1. The Labute approximate surface area is 218 Å². The molecule has 0 fully saturated rings. The number of aromatic nitrogens is 1. The molecule has 0 aliphatic rings. The van der Waals surface area contributed by atoms with E-state index >= 15 is 0 Å². The van der Waals surface area contributed by atoms with E-state index < -0.39 is 66.9 Å². The highest BCUT2D eigenvalue weighted by atomic mass is 16.4. The number of aliphatic hydroxyl groups is 1. The van der Waals surface area contributed by atoms with Crippen molar-refractivity contribution in [2.24, 2.45) is 11.5 Å². The van der Waals surface area contributed by atoms with Crippen LogP contribution in [0, 0.1) is 0 Å². The molecule has 14 nitrogen and oxygen atoms in total. The van der Waals surface area contributed by atoms with Gasteiger partial charge in [-0.2, -0.15) is 0 Å². The molecule has 0 saturated heterocycles. The van der Waals surface area contributed by atoms with Gasteiger partial charge in [-0.05, 0) is 37.4 Å². The lowest BCUT2D eigenvalue weighted by molar-refractivity contribution is -0.143. The zero-order valence-electron chi connectivity index (χ0n) is 20.7. The molecular weight excluding hydrogens is 500 g/mol. The van der Waals surface area contributed by atoms with Gasteiger partial charge < -0.3 is 47.7 Å². The highest BCUT2D eigenvalue weighted by molar-refractivity contribution is 5.95. The number of carbonyl (C=O) groups excluding carboxylic acids is 3. The van der Waals surface area contributed by atoms with Crippen molar-refractivity contribution in [3.63, 3.8) is 0 Å². The van der Waals surface area contributed by atoms with Gasteiger partial charge in [0.15, 0.2) is 0 Å². The molecule has 38 heavy (non-hydrogen) atoms. The molecule has 2 aromatic rings. The van der Waals surface area contributed by atoms with Gasteiger partial charge in [0.2, 0.25) is 17.7 Å². The smallest absolute Gasteiger partial charge is 0.328 e. The standard InChI is InChI=1S/C24H34N6O8/c25-8-4-3-7-17(28-21(34)15(26)10-20(32)33)22(35)29-18(23(36)30-19(12-31)24(37)38)9-13-11-27-16-6-2-1-5-14(13)16/h1-2,5-6,11,15,17-19,27,31H,3-4,7-10,12,25-26H2,(H,28,34)(H,29,35)(H,30,36)(H,32,33)(H,37,38). The van der Waals surface area contributed by atoms with Crippen LogP contribution in [-0.4, -0.2) is 87.3 Å². The van der Waals surface area contributed by atoms with E-state index in [1.54, 1.807) is 12.3 Å². The van der Waals surface area contributed by atoms with E-state index in [4.69, 9.17) is 16.6 Å². The van der Waals surface area contributed by atoms with E-state index in [0.717, 1.165) is 10.9 Å². The number of nitrogens with one attached hydrogen (secondary N) is 4. The van der Waals surface area contributed by atoms with E-state index in [-0.39, 0.29) is 12.8 Å². The Morgan fingerprint density at radius 3 is 2.16 bits per heavy atom. The largest absolute Gasteiger partial charge is 0.481 e. The number of hydrogen-bond donors (Lipinski definition) is 9. The molecule has 0 bridgehead atoms. The van der Waals surface area contributed by atoms with E-state index in [2.05, 4.69) is 20.9 Å². The molecule has 1 aromatic heterocycles. The van der Waals surface area contributed by atoms with Crippen molar-refractivity contribution >= 4 is 40.6 Å². The number of carboxylic acid groups (broad SMARTS) is 2. The number of aromatic amines is 1. The number of nitrogens with two attached hydrogens (primary N) is 2. The van der Waals surface area contributed by atoms with Gasteiger partial charge in [0.1, 0.15) is 18.1 Å². The first-order valence-corrected chi connectivity index (χ1v) is 12.0. The average molecular weight is 535 g/mol. The third-order valence-electron chi connectivity index (χ3n) is 5.84. The molecule has 0 aliphatic heterocycles. The van der Waals surface area contributed by atoms with Crippen LogP contribution in [0.5, 0.6) is 0 Å². The lowest BCUT2D eigenvalue weighted by Crippen LogP contribution is -2.58. The van der Waals surface area contributed by atoms with Crippen molar-refractivity contribution in [3.05, 3.63) is 36.0 Å². The van der Waals surface area contributed by atoms with Gasteiger partial charge in [-0.1, -0.05) is 18.2 Å². The fourth-order valence-corrected chi connectivity index (χ4v) is 3.78. The van der Waals surface area contributed by atoms with Gasteiger partial charge >= 0.3 is 11.9 Å². The lowest BCUT2D eigenvalue weighted by atomic mass is 10.0. The van der Waals surface area contributed by atoms with Crippen LogP contribution in [0.15, 0.2) is 30.5 Å². The third-order valence-corrected chi connectivity index (χ3v) is 5.84. The number of rotatable bonds is 16.